The summed E-state index contributed by atoms with van der Waals surface area (Å²) in [4.78, 5) is 9.01. The van der Waals surface area contributed by atoms with Gasteiger partial charge in [-0.05, 0) is 36.4 Å². The summed E-state index contributed by atoms with van der Waals surface area (Å²) in [5, 5.41) is 3.12. The number of thiophene rings is 1. The third-order valence-electron chi connectivity index (χ3n) is 3.98. The van der Waals surface area contributed by atoms with E-state index < -0.39 is 10.0 Å². The summed E-state index contributed by atoms with van der Waals surface area (Å²) in [5.74, 6) is 0.903. The zero-order valence-electron chi connectivity index (χ0n) is 15.1. The number of ether oxygens (including phenoxy) is 1. The molecule has 0 spiro atoms. The van der Waals surface area contributed by atoms with Gasteiger partial charge >= 0.3 is 0 Å². The number of methoxy groups -OCH3 is 1. The minimum atomic E-state index is -3.88. The van der Waals surface area contributed by atoms with Crippen LogP contribution >= 0.6 is 22.9 Å². The minimum Gasteiger partial charge on any atom is -0.495 e. The summed E-state index contributed by atoms with van der Waals surface area (Å²) in [5.41, 5.74) is 1.80. The van der Waals surface area contributed by atoms with Crippen molar-refractivity contribution in [2.24, 2.45) is 0 Å². The van der Waals surface area contributed by atoms with Crippen molar-refractivity contribution in [1.29, 1.82) is 0 Å². The maximum absolute atomic E-state index is 12.8. The van der Waals surface area contributed by atoms with Gasteiger partial charge in [0.25, 0.3) is 10.0 Å². The molecule has 0 atom stereocenters. The number of sulfonamides is 1. The van der Waals surface area contributed by atoms with E-state index in [1.807, 2.05) is 24.3 Å². The van der Waals surface area contributed by atoms with Crippen LogP contribution in [0.15, 0.2) is 64.9 Å². The van der Waals surface area contributed by atoms with Crippen LogP contribution in [0.25, 0.3) is 11.0 Å². The van der Waals surface area contributed by atoms with E-state index in [9.17, 15) is 8.42 Å². The third-order valence-corrected chi connectivity index (χ3v) is 7.04. The Kier molecular flexibility index (Phi) is 5.27. The topological polar surface area (TPSA) is 93.2 Å². The SMILES string of the molecule is COc1ccccc1Nc1nc2ccccc2nc1NS(=O)(=O)c1ccc(Cl)s1. The lowest BCUT2D eigenvalue weighted by Gasteiger charge is -2.15. The van der Waals surface area contributed by atoms with E-state index in [0.29, 0.717) is 26.8 Å². The molecule has 148 valence electrons. The zero-order chi connectivity index (χ0) is 20.4. The molecule has 0 saturated carbocycles. The van der Waals surface area contributed by atoms with Crippen LogP contribution in [-0.4, -0.2) is 25.5 Å². The fraction of sp³-hybridized carbons (Fsp3) is 0.0526. The summed E-state index contributed by atoms with van der Waals surface area (Å²) < 4.78 is 33.9. The highest BCUT2D eigenvalue weighted by Crippen LogP contribution is 2.32. The maximum Gasteiger partial charge on any atom is 0.272 e. The highest BCUT2D eigenvalue weighted by Gasteiger charge is 2.21. The van der Waals surface area contributed by atoms with Crippen molar-refractivity contribution >= 4 is 61.3 Å². The lowest BCUT2D eigenvalue weighted by Crippen LogP contribution is -2.15. The molecule has 0 radical (unpaired) electrons. The average Bonchev–Trinajstić information content (AvgIpc) is 3.16. The molecule has 0 amide bonds. The fourth-order valence-corrected chi connectivity index (χ4v) is 5.15. The van der Waals surface area contributed by atoms with Gasteiger partial charge < -0.3 is 10.1 Å². The molecule has 0 bridgehead atoms. The summed E-state index contributed by atoms with van der Waals surface area (Å²) >= 11 is 6.85. The van der Waals surface area contributed by atoms with Gasteiger partial charge in [-0.1, -0.05) is 35.9 Å². The Morgan fingerprint density at radius 3 is 2.24 bits per heavy atom. The van der Waals surface area contributed by atoms with Crippen LogP contribution in [0.1, 0.15) is 0 Å². The number of hydrogen-bond donors (Lipinski definition) is 2. The quantitative estimate of drug-likeness (QED) is 0.437. The maximum atomic E-state index is 12.8. The second-order valence-corrected chi connectivity index (χ2v) is 9.52. The lowest BCUT2D eigenvalue weighted by molar-refractivity contribution is 0.417. The second-order valence-electron chi connectivity index (χ2n) is 5.90. The number of aromatic nitrogens is 2. The van der Waals surface area contributed by atoms with E-state index in [2.05, 4.69) is 20.0 Å². The molecule has 4 aromatic rings. The molecule has 10 heteroatoms. The molecule has 2 aromatic heterocycles. The molecule has 4 rings (SSSR count). The van der Waals surface area contributed by atoms with Crippen molar-refractivity contribution in [2.45, 2.75) is 4.21 Å². The zero-order valence-corrected chi connectivity index (χ0v) is 17.5. The summed E-state index contributed by atoms with van der Waals surface area (Å²) in [6.07, 6.45) is 0. The largest absolute Gasteiger partial charge is 0.495 e. The van der Waals surface area contributed by atoms with Gasteiger partial charge in [-0.15, -0.1) is 11.3 Å². The Labute approximate surface area is 176 Å². The van der Waals surface area contributed by atoms with Gasteiger partial charge in [0.15, 0.2) is 11.6 Å². The van der Waals surface area contributed by atoms with Crippen molar-refractivity contribution < 1.29 is 13.2 Å². The minimum absolute atomic E-state index is 0.0686. The number of nitrogens with zero attached hydrogens (tertiary/aromatic N) is 2. The van der Waals surface area contributed by atoms with Crippen LogP contribution in [0.3, 0.4) is 0 Å². The number of benzene rings is 2. The molecule has 0 saturated heterocycles. The number of fused-ring (bicyclic) bond motifs is 1. The molecule has 0 fully saturated rings. The lowest BCUT2D eigenvalue weighted by atomic mass is 10.3. The Balaban J connectivity index is 1.80. The average molecular weight is 447 g/mol. The number of nitrogens with one attached hydrogen (secondary N) is 2. The molecule has 29 heavy (non-hydrogen) atoms. The molecule has 2 aromatic carbocycles. The second kappa shape index (κ2) is 7.86. The first-order valence-corrected chi connectivity index (χ1v) is 11.1. The Hall–Kier alpha value is -2.88. The number of halogens is 1. The Bertz CT molecular complexity index is 1290. The van der Waals surface area contributed by atoms with Crippen LogP contribution in [-0.2, 0) is 10.0 Å². The van der Waals surface area contributed by atoms with E-state index in [0.717, 1.165) is 11.3 Å². The number of hydrogen-bond acceptors (Lipinski definition) is 7. The molecule has 7 nitrogen and oxygen atoms in total. The van der Waals surface area contributed by atoms with E-state index in [1.54, 1.807) is 31.4 Å². The van der Waals surface area contributed by atoms with Crippen molar-refractivity contribution in [3.8, 4) is 5.75 Å². The molecule has 0 aliphatic rings. The van der Waals surface area contributed by atoms with Gasteiger partial charge in [0.2, 0.25) is 0 Å². The van der Waals surface area contributed by atoms with Gasteiger partial charge in [0, 0.05) is 0 Å². The predicted molar refractivity (Wildman–Crippen MR) is 116 cm³/mol. The van der Waals surface area contributed by atoms with Crippen molar-refractivity contribution in [2.75, 3.05) is 17.1 Å². The van der Waals surface area contributed by atoms with Crippen molar-refractivity contribution in [3.63, 3.8) is 0 Å². The summed E-state index contributed by atoms with van der Waals surface area (Å²) in [6, 6.07) is 17.4. The third kappa shape index (κ3) is 4.12. The molecular weight excluding hydrogens is 432 g/mol. The van der Waals surface area contributed by atoms with Crippen LogP contribution in [0.2, 0.25) is 4.34 Å². The number of anilines is 3. The monoisotopic (exact) mass is 446 g/mol. The van der Waals surface area contributed by atoms with Crippen molar-refractivity contribution in [3.05, 3.63) is 65.0 Å². The standard InChI is InChI=1S/C19H15ClN4O3S2/c1-27-15-9-5-4-8-14(15)23-18-19(22-13-7-3-2-6-12(13)21-18)24-29(25,26)17-11-10-16(20)28-17/h2-11H,1H3,(H,21,23)(H,22,24). The first-order chi connectivity index (χ1) is 14.0. The van der Waals surface area contributed by atoms with E-state index in [4.69, 9.17) is 16.3 Å². The molecule has 2 heterocycles. The van der Waals surface area contributed by atoms with E-state index in [1.165, 1.54) is 12.1 Å². The van der Waals surface area contributed by atoms with E-state index >= 15 is 0 Å². The van der Waals surface area contributed by atoms with Crippen LogP contribution in [0.5, 0.6) is 5.75 Å². The van der Waals surface area contributed by atoms with Crippen molar-refractivity contribution in [1.82, 2.24) is 9.97 Å². The number of para-hydroxylation sites is 4. The fourth-order valence-electron chi connectivity index (χ4n) is 2.65. The molecule has 0 aliphatic heterocycles. The van der Waals surface area contributed by atoms with E-state index in [-0.39, 0.29) is 15.8 Å². The van der Waals surface area contributed by atoms with Gasteiger partial charge in [-0.2, -0.15) is 0 Å². The highest BCUT2D eigenvalue weighted by atomic mass is 35.5. The van der Waals surface area contributed by atoms with Crippen LogP contribution in [0.4, 0.5) is 17.3 Å². The van der Waals surface area contributed by atoms with Crippen LogP contribution < -0.4 is 14.8 Å². The smallest absolute Gasteiger partial charge is 0.272 e. The molecule has 0 unspecified atom stereocenters. The molecule has 0 aliphatic carbocycles. The predicted octanol–water partition coefficient (Wildman–Crippen LogP) is 4.90. The molecule has 2 N–H and O–H groups in total. The van der Waals surface area contributed by atoms with Gasteiger partial charge in [0.1, 0.15) is 9.96 Å². The molecular formula is C19H15ClN4O3S2. The van der Waals surface area contributed by atoms with Gasteiger partial charge in [-0.3, -0.25) is 4.72 Å². The first-order valence-electron chi connectivity index (χ1n) is 8.41. The first kappa shape index (κ1) is 19.4. The van der Waals surface area contributed by atoms with Gasteiger partial charge in [0.05, 0.1) is 28.2 Å². The normalized spacial score (nSPS) is 11.4. The Morgan fingerprint density at radius 1 is 0.931 bits per heavy atom. The highest BCUT2D eigenvalue weighted by molar-refractivity contribution is 7.94. The Morgan fingerprint density at radius 2 is 1.59 bits per heavy atom. The van der Waals surface area contributed by atoms with Gasteiger partial charge in [-0.25, -0.2) is 18.4 Å². The van der Waals surface area contributed by atoms with Crippen LogP contribution in [0, 0.1) is 0 Å². The number of rotatable bonds is 6. The summed E-state index contributed by atoms with van der Waals surface area (Å²) in [7, 11) is -2.33. The summed E-state index contributed by atoms with van der Waals surface area (Å²) in [6.45, 7) is 0.